The Morgan fingerprint density at radius 3 is 2.71 bits per heavy atom. The summed E-state index contributed by atoms with van der Waals surface area (Å²) in [5, 5.41) is 13.1. The number of nitrogens with one attached hydrogen (secondary N) is 1. The second-order valence-electron chi connectivity index (χ2n) is 5.89. The molecule has 0 aliphatic heterocycles. The standard InChI is InChI=1S/C14H27NO2/c1-11-4-2-3-5-14(11)17-10-13(16)9-15-8-12-6-7-12/h11-16H,2-10H2,1H3. The lowest BCUT2D eigenvalue weighted by Gasteiger charge is -2.29. The summed E-state index contributed by atoms with van der Waals surface area (Å²) >= 11 is 0. The first-order valence-corrected chi connectivity index (χ1v) is 7.26. The summed E-state index contributed by atoms with van der Waals surface area (Å²) in [5.41, 5.74) is 0. The summed E-state index contributed by atoms with van der Waals surface area (Å²) in [4.78, 5) is 0. The Labute approximate surface area is 105 Å². The van der Waals surface area contributed by atoms with Crippen molar-refractivity contribution in [2.75, 3.05) is 19.7 Å². The molecular formula is C14H27NO2. The molecule has 0 aromatic carbocycles. The van der Waals surface area contributed by atoms with Crippen LogP contribution in [0.25, 0.3) is 0 Å². The molecule has 100 valence electrons. The fraction of sp³-hybridized carbons (Fsp3) is 1.00. The number of hydrogen-bond donors (Lipinski definition) is 2. The summed E-state index contributed by atoms with van der Waals surface area (Å²) in [7, 11) is 0. The van der Waals surface area contributed by atoms with E-state index in [1.54, 1.807) is 0 Å². The van der Waals surface area contributed by atoms with Gasteiger partial charge in [0.2, 0.25) is 0 Å². The molecule has 2 saturated carbocycles. The van der Waals surface area contributed by atoms with Crippen molar-refractivity contribution in [1.82, 2.24) is 5.32 Å². The first-order chi connectivity index (χ1) is 8.25. The average Bonchev–Trinajstić information content (AvgIpc) is 3.12. The first kappa shape index (κ1) is 13.3. The molecule has 2 aliphatic carbocycles. The highest BCUT2D eigenvalue weighted by Gasteiger charge is 2.23. The van der Waals surface area contributed by atoms with Crippen molar-refractivity contribution in [3.8, 4) is 0 Å². The maximum absolute atomic E-state index is 9.81. The number of hydrogen-bond acceptors (Lipinski definition) is 3. The zero-order valence-corrected chi connectivity index (χ0v) is 11.0. The van der Waals surface area contributed by atoms with E-state index >= 15 is 0 Å². The van der Waals surface area contributed by atoms with Gasteiger partial charge in [0.05, 0.1) is 18.8 Å². The van der Waals surface area contributed by atoms with Crippen molar-refractivity contribution in [1.29, 1.82) is 0 Å². The monoisotopic (exact) mass is 241 g/mol. The first-order valence-electron chi connectivity index (χ1n) is 7.26. The number of rotatable bonds is 7. The number of aliphatic hydroxyl groups excluding tert-OH is 1. The van der Waals surface area contributed by atoms with Crippen LogP contribution in [0, 0.1) is 11.8 Å². The van der Waals surface area contributed by atoms with Crippen LogP contribution in [0.3, 0.4) is 0 Å². The highest BCUT2D eigenvalue weighted by molar-refractivity contribution is 4.76. The summed E-state index contributed by atoms with van der Waals surface area (Å²) < 4.78 is 5.84. The van der Waals surface area contributed by atoms with Crippen LogP contribution < -0.4 is 5.32 Å². The number of aliphatic hydroxyl groups is 1. The van der Waals surface area contributed by atoms with Crippen LogP contribution in [0.4, 0.5) is 0 Å². The van der Waals surface area contributed by atoms with E-state index in [0.717, 1.165) is 12.5 Å². The van der Waals surface area contributed by atoms with Crippen molar-refractivity contribution in [3.05, 3.63) is 0 Å². The molecule has 2 fully saturated rings. The molecule has 0 spiro atoms. The van der Waals surface area contributed by atoms with Gasteiger partial charge in [0.15, 0.2) is 0 Å². The van der Waals surface area contributed by atoms with E-state index in [0.29, 0.717) is 25.2 Å². The van der Waals surface area contributed by atoms with E-state index in [1.807, 2.05) is 0 Å². The highest BCUT2D eigenvalue weighted by atomic mass is 16.5. The zero-order valence-electron chi connectivity index (χ0n) is 11.0. The van der Waals surface area contributed by atoms with Gasteiger partial charge >= 0.3 is 0 Å². The van der Waals surface area contributed by atoms with Gasteiger partial charge in [-0.2, -0.15) is 0 Å². The largest absolute Gasteiger partial charge is 0.389 e. The van der Waals surface area contributed by atoms with Crippen molar-refractivity contribution in [3.63, 3.8) is 0 Å². The van der Waals surface area contributed by atoms with Crippen LogP contribution in [0.5, 0.6) is 0 Å². The lowest BCUT2D eigenvalue weighted by atomic mass is 9.88. The van der Waals surface area contributed by atoms with Crippen LogP contribution in [-0.2, 0) is 4.74 Å². The van der Waals surface area contributed by atoms with Gasteiger partial charge < -0.3 is 15.2 Å². The van der Waals surface area contributed by atoms with Crippen LogP contribution in [-0.4, -0.2) is 37.0 Å². The maximum Gasteiger partial charge on any atom is 0.0897 e. The molecule has 17 heavy (non-hydrogen) atoms. The van der Waals surface area contributed by atoms with Crippen LogP contribution in [0.2, 0.25) is 0 Å². The molecule has 0 radical (unpaired) electrons. The van der Waals surface area contributed by atoms with Gasteiger partial charge in [0.1, 0.15) is 0 Å². The van der Waals surface area contributed by atoms with Gasteiger partial charge in [0, 0.05) is 6.54 Å². The second-order valence-corrected chi connectivity index (χ2v) is 5.89. The van der Waals surface area contributed by atoms with E-state index in [-0.39, 0.29) is 6.10 Å². The molecule has 0 aromatic heterocycles. The van der Waals surface area contributed by atoms with Gasteiger partial charge in [-0.15, -0.1) is 0 Å². The zero-order chi connectivity index (χ0) is 12.1. The van der Waals surface area contributed by atoms with Gasteiger partial charge in [-0.1, -0.05) is 19.8 Å². The minimum absolute atomic E-state index is 0.345. The Morgan fingerprint density at radius 2 is 2.00 bits per heavy atom. The summed E-state index contributed by atoms with van der Waals surface area (Å²) in [6.07, 6.45) is 7.82. The molecule has 3 atom stereocenters. The normalized spacial score (nSPS) is 31.4. The molecule has 0 bridgehead atoms. The minimum atomic E-state index is -0.345. The molecule has 2 rings (SSSR count). The van der Waals surface area contributed by atoms with Crippen LogP contribution in [0.15, 0.2) is 0 Å². The Kier molecular flexibility index (Phi) is 5.26. The maximum atomic E-state index is 9.81. The molecule has 3 heteroatoms. The van der Waals surface area contributed by atoms with Crippen molar-refractivity contribution in [2.24, 2.45) is 11.8 Å². The van der Waals surface area contributed by atoms with Crippen LogP contribution in [0.1, 0.15) is 45.4 Å². The fourth-order valence-corrected chi connectivity index (χ4v) is 2.60. The van der Waals surface area contributed by atoms with E-state index < -0.39 is 0 Å². The summed E-state index contributed by atoms with van der Waals surface area (Å²) in [5.74, 6) is 1.54. The van der Waals surface area contributed by atoms with Gasteiger partial charge in [0.25, 0.3) is 0 Å². The van der Waals surface area contributed by atoms with Gasteiger partial charge in [-0.3, -0.25) is 0 Å². The second kappa shape index (κ2) is 6.72. The van der Waals surface area contributed by atoms with Crippen molar-refractivity contribution < 1.29 is 9.84 Å². The van der Waals surface area contributed by atoms with E-state index in [4.69, 9.17) is 4.74 Å². The van der Waals surface area contributed by atoms with E-state index in [1.165, 1.54) is 38.5 Å². The van der Waals surface area contributed by atoms with E-state index in [9.17, 15) is 5.11 Å². The molecule has 0 amide bonds. The lowest BCUT2D eigenvalue weighted by Crippen LogP contribution is -2.35. The third-order valence-electron chi connectivity index (χ3n) is 4.05. The Morgan fingerprint density at radius 1 is 1.24 bits per heavy atom. The molecule has 0 aromatic rings. The molecule has 3 unspecified atom stereocenters. The molecule has 2 N–H and O–H groups in total. The quantitative estimate of drug-likeness (QED) is 0.716. The topological polar surface area (TPSA) is 41.5 Å². The Bertz CT molecular complexity index is 218. The third-order valence-corrected chi connectivity index (χ3v) is 4.05. The minimum Gasteiger partial charge on any atom is -0.389 e. The van der Waals surface area contributed by atoms with Gasteiger partial charge in [-0.25, -0.2) is 0 Å². The van der Waals surface area contributed by atoms with Crippen LogP contribution >= 0.6 is 0 Å². The smallest absolute Gasteiger partial charge is 0.0897 e. The molecular weight excluding hydrogens is 214 g/mol. The lowest BCUT2D eigenvalue weighted by molar-refractivity contribution is -0.0451. The van der Waals surface area contributed by atoms with Crippen molar-refractivity contribution >= 4 is 0 Å². The number of ether oxygens (including phenoxy) is 1. The molecule has 3 nitrogen and oxygen atoms in total. The Balaban J connectivity index is 1.52. The average molecular weight is 241 g/mol. The predicted molar refractivity (Wildman–Crippen MR) is 69.0 cm³/mol. The highest BCUT2D eigenvalue weighted by Crippen LogP contribution is 2.27. The summed E-state index contributed by atoms with van der Waals surface area (Å²) in [6.45, 7) is 4.50. The van der Waals surface area contributed by atoms with Crippen molar-refractivity contribution in [2.45, 2.75) is 57.7 Å². The Hall–Kier alpha value is -0.120. The summed E-state index contributed by atoms with van der Waals surface area (Å²) in [6, 6.07) is 0. The fourth-order valence-electron chi connectivity index (χ4n) is 2.60. The third kappa shape index (κ3) is 4.94. The molecule has 0 heterocycles. The molecule has 0 saturated heterocycles. The van der Waals surface area contributed by atoms with E-state index in [2.05, 4.69) is 12.2 Å². The SMILES string of the molecule is CC1CCCCC1OCC(O)CNCC1CC1. The predicted octanol–water partition coefficient (Wildman–Crippen LogP) is 1.94. The van der Waals surface area contributed by atoms with Gasteiger partial charge in [-0.05, 0) is 44.1 Å². The molecule has 2 aliphatic rings.